The zero-order chi connectivity index (χ0) is 17.0. The molecular weight excluding hydrogens is 343 g/mol. The van der Waals surface area contributed by atoms with E-state index in [1.165, 1.54) is 25.3 Å². The van der Waals surface area contributed by atoms with Crippen molar-refractivity contribution < 1.29 is 14.4 Å². The van der Waals surface area contributed by atoms with E-state index < -0.39 is 4.92 Å². The number of nitrogens with one attached hydrogen (secondary N) is 1. The van der Waals surface area contributed by atoms with Crippen LogP contribution in [0, 0.1) is 10.1 Å². The predicted octanol–water partition coefficient (Wildman–Crippen LogP) is 5.13. The van der Waals surface area contributed by atoms with Gasteiger partial charge in [0.25, 0.3) is 5.69 Å². The van der Waals surface area contributed by atoms with Crippen molar-refractivity contribution in [2.24, 2.45) is 0 Å². The number of halogens is 2. The summed E-state index contributed by atoms with van der Waals surface area (Å²) in [4.78, 5) is 10.6. The molecule has 2 aromatic carbocycles. The first-order valence-electron chi connectivity index (χ1n) is 6.69. The third kappa shape index (κ3) is 3.97. The van der Waals surface area contributed by atoms with Crippen LogP contribution < -0.4 is 14.8 Å². The lowest BCUT2D eigenvalue weighted by molar-refractivity contribution is -0.384. The van der Waals surface area contributed by atoms with E-state index in [1.54, 1.807) is 12.1 Å². The molecule has 0 unspecified atom stereocenters. The van der Waals surface area contributed by atoms with Crippen molar-refractivity contribution in [3.63, 3.8) is 0 Å². The molecule has 2 rings (SSSR count). The average molecular weight is 357 g/mol. The van der Waals surface area contributed by atoms with Crippen molar-refractivity contribution in [3.8, 4) is 17.2 Å². The summed E-state index contributed by atoms with van der Waals surface area (Å²) in [7, 11) is 1.48. The summed E-state index contributed by atoms with van der Waals surface area (Å²) in [5.41, 5.74) is 0.339. The molecule has 0 amide bonds. The van der Waals surface area contributed by atoms with E-state index in [0.717, 1.165) is 0 Å². The first-order valence-corrected chi connectivity index (χ1v) is 7.45. The summed E-state index contributed by atoms with van der Waals surface area (Å²) >= 11 is 12.1. The summed E-state index contributed by atoms with van der Waals surface area (Å²) in [5, 5.41) is 14.6. The van der Waals surface area contributed by atoms with E-state index in [-0.39, 0.29) is 5.69 Å². The van der Waals surface area contributed by atoms with Gasteiger partial charge in [-0.15, -0.1) is 0 Å². The maximum Gasteiger partial charge on any atom is 0.292 e. The number of nitrogens with zero attached hydrogens (tertiary/aromatic N) is 1. The van der Waals surface area contributed by atoms with Gasteiger partial charge in [-0.2, -0.15) is 0 Å². The molecule has 8 heteroatoms. The first kappa shape index (κ1) is 17.2. The van der Waals surface area contributed by atoms with E-state index in [2.05, 4.69) is 5.32 Å². The number of benzene rings is 2. The monoisotopic (exact) mass is 356 g/mol. The second-order valence-electron chi connectivity index (χ2n) is 4.49. The molecular formula is C15H14Cl2N2O4. The van der Waals surface area contributed by atoms with Gasteiger partial charge in [0.1, 0.15) is 22.9 Å². The van der Waals surface area contributed by atoms with Gasteiger partial charge in [0.2, 0.25) is 0 Å². The fourth-order valence-corrected chi connectivity index (χ4v) is 2.44. The zero-order valence-electron chi connectivity index (χ0n) is 12.4. The smallest absolute Gasteiger partial charge is 0.292 e. The molecule has 0 atom stereocenters. The summed E-state index contributed by atoms with van der Waals surface area (Å²) in [6.07, 6.45) is 0. The third-order valence-electron chi connectivity index (χ3n) is 2.97. The van der Waals surface area contributed by atoms with E-state index in [0.29, 0.717) is 39.5 Å². The molecule has 0 saturated heterocycles. The van der Waals surface area contributed by atoms with Gasteiger partial charge in [-0.25, -0.2) is 0 Å². The van der Waals surface area contributed by atoms with Crippen molar-refractivity contribution in [3.05, 3.63) is 50.5 Å². The molecule has 0 fully saturated rings. The SMILES string of the molecule is CCNc1cc(Oc2cc(OC)c(Cl)cc2Cl)ccc1[N+](=O)[O-]. The van der Waals surface area contributed by atoms with Crippen molar-refractivity contribution in [2.75, 3.05) is 19.0 Å². The number of rotatable bonds is 6. The molecule has 0 spiro atoms. The van der Waals surface area contributed by atoms with Crippen LogP contribution in [0.15, 0.2) is 30.3 Å². The molecule has 0 radical (unpaired) electrons. The molecule has 0 aromatic heterocycles. The van der Waals surface area contributed by atoms with Gasteiger partial charge < -0.3 is 14.8 Å². The van der Waals surface area contributed by atoms with Crippen LogP contribution in [-0.4, -0.2) is 18.6 Å². The Balaban J connectivity index is 2.37. The highest BCUT2D eigenvalue weighted by Crippen LogP contribution is 2.39. The fraction of sp³-hybridized carbons (Fsp3) is 0.200. The summed E-state index contributed by atoms with van der Waals surface area (Å²) in [5.74, 6) is 1.15. The second kappa shape index (κ2) is 7.39. The lowest BCUT2D eigenvalue weighted by atomic mass is 10.2. The lowest BCUT2D eigenvalue weighted by Gasteiger charge is -2.12. The van der Waals surface area contributed by atoms with Crippen LogP contribution >= 0.6 is 23.2 Å². The first-order chi connectivity index (χ1) is 11.0. The molecule has 0 aliphatic rings. The van der Waals surface area contributed by atoms with Gasteiger partial charge in [0.05, 0.1) is 22.1 Å². The third-order valence-corrected chi connectivity index (χ3v) is 3.56. The van der Waals surface area contributed by atoms with Gasteiger partial charge in [-0.05, 0) is 19.1 Å². The molecule has 1 N–H and O–H groups in total. The minimum atomic E-state index is -0.458. The quantitative estimate of drug-likeness (QED) is 0.573. The van der Waals surface area contributed by atoms with Crippen molar-refractivity contribution in [1.82, 2.24) is 0 Å². The summed E-state index contributed by atoms with van der Waals surface area (Å²) < 4.78 is 10.8. The second-order valence-corrected chi connectivity index (χ2v) is 5.30. The fourth-order valence-electron chi connectivity index (χ4n) is 1.94. The van der Waals surface area contributed by atoms with Crippen LogP contribution in [0.3, 0.4) is 0 Å². The Bertz CT molecular complexity index is 738. The van der Waals surface area contributed by atoms with Crippen LogP contribution in [0.2, 0.25) is 10.0 Å². The van der Waals surface area contributed by atoms with Crippen molar-refractivity contribution >= 4 is 34.6 Å². The van der Waals surface area contributed by atoms with Crippen LogP contribution in [-0.2, 0) is 0 Å². The normalized spacial score (nSPS) is 10.3. The van der Waals surface area contributed by atoms with E-state index in [1.807, 2.05) is 6.92 Å². The maximum atomic E-state index is 11.0. The Hall–Kier alpha value is -2.18. The predicted molar refractivity (Wildman–Crippen MR) is 90.3 cm³/mol. The molecule has 0 heterocycles. The Morgan fingerprint density at radius 3 is 2.48 bits per heavy atom. The minimum absolute atomic E-state index is 0.0287. The highest BCUT2D eigenvalue weighted by Gasteiger charge is 2.16. The van der Waals surface area contributed by atoms with Crippen LogP contribution in [0.4, 0.5) is 11.4 Å². The molecule has 6 nitrogen and oxygen atoms in total. The standard InChI is InChI=1S/C15H14Cl2N2O4/c1-3-18-12-6-9(4-5-13(12)19(20)21)23-15-8-14(22-2)10(16)7-11(15)17/h4-8,18H,3H2,1-2H3. The Morgan fingerprint density at radius 2 is 1.87 bits per heavy atom. The number of ether oxygens (including phenoxy) is 2. The van der Waals surface area contributed by atoms with E-state index >= 15 is 0 Å². The van der Waals surface area contributed by atoms with Gasteiger partial charge in [-0.1, -0.05) is 23.2 Å². The summed E-state index contributed by atoms with van der Waals surface area (Å²) in [6.45, 7) is 2.39. The highest BCUT2D eigenvalue weighted by molar-refractivity contribution is 6.36. The number of nitro benzene ring substituents is 1. The number of anilines is 1. The lowest BCUT2D eigenvalue weighted by Crippen LogP contribution is -2.01. The largest absolute Gasteiger partial charge is 0.495 e. The number of methoxy groups -OCH3 is 1. The molecule has 23 heavy (non-hydrogen) atoms. The molecule has 2 aromatic rings. The highest BCUT2D eigenvalue weighted by atomic mass is 35.5. The average Bonchev–Trinajstić information content (AvgIpc) is 2.50. The molecule has 0 saturated carbocycles. The Kier molecular flexibility index (Phi) is 5.52. The Labute approximate surface area is 143 Å². The van der Waals surface area contributed by atoms with Gasteiger partial charge >= 0.3 is 0 Å². The van der Waals surface area contributed by atoms with Gasteiger partial charge in [0.15, 0.2) is 0 Å². The molecule has 0 aliphatic heterocycles. The zero-order valence-corrected chi connectivity index (χ0v) is 13.9. The molecule has 0 aliphatic carbocycles. The van der Waals surface area contributed by atoms with E-state index in [9.17, 15) is 10.1 Å². The van der Waals surface area contributed by atoms with Gasteiger partial charge in [0, 0.05) is 24.7 Å². The van der Waals surface area contributed by atoms with Crippen molar-refractivity contribution in [1.29, 1.82) is 0 Å². The minimum Gasteiger partial charge on any atom is -0.495 e. The maximum absolute atomic E-state index is 11.0. The molecule has 122 valence electrons. The van der Waals surface area contributed by atoms with Gasteiger partial charge in [-0.3, -0.25) is 10.1 Å². The van der Waals surface area contributed by atoms with Crippen LogP contribution in [0.5, 0.6) is 17.2 Å². The summed E-state index contributed by atoms with van der Waals surface area (Å²) in [6, 6.07) is 7.47. The van der Waals surface area contributed by atoms with E-state index in [4.69, 9.17) is 32.7 Å². The Morgan fingerprint density at radius 1 is 1.17 bits per heavy atom. The van der Waals surface area contributed by atoms with Crippen LogP contribution in [0.1, 0.15) is 6.92 Å². The number of nitro groups is 1. The molecule has 0 bridgehead atoms. The topological polar surface area (TPSA) is 73.6 Å². The number of hydrogen-bond acceptors (Lipinski definition) is 5. The van der Waals surface area contributed by atoms with Crippen LogP contribution in [0.25, 0.3) is 0 Å². The number of hydrogen-bond donors (Lipinski definition) is 1. The van der Waals surface area contributed by atoms with Crippen molar-refractivity contribution in [2.45, 2.75) is 6.92 Å².